The molecule has 22 heavy (non-hydrogen) atoms. The third kappa shape index (κ3) is 3.03. The minimum absolute atomic E-state index is 0.191. The van der Waals surface area contributed by atoms with Gasteiger partial charge in [0, 0.05) is 0 Å². The zero-order valence-corrected chi connectivity index (χ0v) is 12.5. The summed E-state index contributed by atoms with van der Waals surface area (Å²) in [4.78, 5) is 35.1. The van der Waals surface area contributed by atoms with Crippen LogP contribution in [0.25, 0.3) is 0 Å². The molecule has 7 heteroatoms. The van der Waals surface area contributed by atoms with Gasteiger partial charge in [0.05, 0.1) is 11.3 Å². The quantitative estimate of drug-likeness (QED) is 0.776. The molecule has 2 amide bonds. The largest absolute Gasteiger partial charge is 0.480 e. The number of anilines is 1. The summed E-state index contributed by atoms with van der Waals surface area (Å²) >= 11 is 0. The molecule has 0 aliphatic carbocycles. The lowest BCUT2D eigenvalue weighted by Crippen LogP contribution is -2.44. The third-order valence-corrected chi connectivity index (χ3v) is 3.40. The van der Waals surface area contributed by atoms with Crippen molar-refractivity contribution in [2.24, 2.45) is 5.92 Å². The maximum absolute atomic E-state index is 12.4. The number of carbonyl (C=O) groups excluding carboxylic acids is 2. The van der Waals surface area contributed by atoms with E-state index in [4.69, 9.17) is 9.84 Å². The average Bonchev–Trinajstić information content (AvgIpc) is 2.44. The van der Waals surface area contributed by atoms with Gasteiger partial charge in [-0.05, 0) is 25.0 Å². The van der Waals surface area contributed by atoms with Crippen LogP contribution in [0, 0.1) is 5.92 Å². The van der Waals surface area contributed by atoms with Gasteiger partial charge in [-0.3, -0.25) is 9.59 Å². The molecule has 0 saturated carbocycles. The standard InChI is InChI=1S/C15H18N2O5/c1-7(2)11(15(20)21)17-14(19)9-5-4-6-10-12(9)22-8(3)13(18)16-10/h4-8,11H,1-3H3,(H,16,18)(H,17,19)(H,20,21)/t8?,11-/m1/s1. The number of hydrogen-bond donors (Lipinski definition) is 3. The van der Waals surface area contributed by atoms with Crippen LogP contribution in [0.3, 0.4) is 0 Å². The number of fused-ring (bicyclic) bond motifs is 1. The number of rotatable bonds is 4. The summed E-state index contributed by atoms with van der Waals surface area (Å²) in [6, 6.07) is 3.74. The highest BCUT2D eigenvalue weighted by Gasteiger charge is 2.30. The fourth-order valence-corrected chi connectivity index (χ4v) is 2.14. The minimum Gasteiger partial charge on any atom is -0.480 e. The number of carboxylic acids is 1. The van der Waals surface area contributed by atoms with Gasteiger partial charge in [0.2, 0.25) is 0 Å². The van der Waals surface area contributed by atoms with Gasteiger partial charge >= 0.3 is 5.97 Å². The number of aliphatic carboxylic acids is 1. The molecule has 0 fully saturated rings. The van der Waals surface area contributed by atoms with E-state index < -0.39 is 24.0 Å². The zero-order valence-electron chi connectivity index (χ0n) is 12.5. The molecule has 1 aliphatic rings. The third-order valence-electron chi connectivity index (χ3n) is 3.40. The Labute approximate surface area is 127 Å². The van der Waals surface area contributed by atoms with Crippen LogP contribution < -0.4 is 15.4 Å². The fourth-order valence-electron chi connectivity index (χ4n) is 2.14. The summed E-state index contributed by atoms with van der Waals surface area (Å²) in [6.07, 6.45) is -0.721. The normalized spacial score (nSPS) is 18.0. The lowest BCUT2D eigenvalue weighted by Gasteiger charge is -2.25. The van der Waals surface area contributed by atoms with Crippen molar-refractivity contribution in [3.05, 3.63) is 23.8 Å². The van der Waals surface area contributed by atoms with Crippen LogP contribution in [-0.4, -0.2) is 35.0 Å². The van der Waals surface area contributed by atoms with Crippen LogP contribution in [0.2, 0.25) is 0 Å². The van der Waals surface area contributed by atoms with Crippen molar-refractivity contribution in [3.63, 3.8) is 0 Å². The number of carbonyl (C=O) groups is 3. The first kappa shape index (κ1) is 15.8. The molecular formula is C15H18N2O5. The molecule has 1 aromatic carbocycles. The van der Waals surface area contributed by atoms with Crippen molar-refractivity contribution >= 4 is 23.5 Å². The molecule has 1 heterocycles. The van der Waals surface area contributed by atoms with Crippen LogP contribution in [0.5, 0.6) is 5.75 Å². The Bertz CT molecular complexity index is 626. The van der Waals surface area contributed by atoms with Gasteiger partial charge < -0.3 is 20.5 Å². The van der Waals surface area contributed by atoms with Gasteiger partial charge in [0.25, 0.3) is 11.8 Å². The van der Waals surface area contributed by atoms with E-state index in [1.54, 1.807) is 32.9 Å². The number of amides is 2. The molecule has 0 radical (unpaired) electrons. The monoisotopic (exact) mass is 306 g/mol. The van der Waals surface area contributed by atoms with Crippen molar-refractivity contribution in [1.82, 2.24) is 5.32 Å². The smallest absolute Gasteiger partial charge is 0.326 e. The summed E-state index contributed by atoms with van der Waals surface area (Å²) in [6.45, 7) is 4.98. The second-order valence-corrected chi connectivity index (χ2v) is 5.46. The van der Waals surface area contributed by atoms with Gasteiger partial charge in [-0.25, -0.2) is 4.79 Å². The summed E-state index contributed by atoms with van der Waals surface area (Å²) in [5.41, 5.74) is 0.587. The molecule has 1 unspecified atom stereocenters. The Morgan fingerprint density at radius 2 is 2.05 bits per heavy atom. The fraction of sp³-hybridized carbons (Fsp3) is 0.400. The van der Waals surface area contributed by atoms with Gasteiger partial charge in [-0.15, -0.1) is 0 Å². The number of para-hydroxylation sites is 1. The van der Waals surface area contributed by atoms with E-state index in [2.05, 4.69) is 10.6 Å². The van der Waals surface area contributed by atoms with Crippen molar-refractivity contribution < 1.29 is 24.2 Å². The van der Waals surface area contributed by atoms with E-state index in [0.717, 1.165) is 0 Å². The average molecular weight is 306 g/mol. The van der Waals surface area contributed by atoms with Crippen LogP contribution in [0.4, 0.5) is 5.69 Å². The van der Waals surface area contributed by atoms with Gasteiger partial charge in [0.1, 0.15) is 6.04 Å². The molecule has 0 bridgehead atoms. The Morgan fingerprint density at radius 3 is 2.64 bits per heavy atom. The number of carboxylic acid groups (broad SMARTS) is 1. The van der Waals surface area contributed by atoms with E-state index in [0.29, 0.717) is 5.69 Å². The predicted molar refractivity (Wildman–Crippen MR) is 78.9 cm³/mol. The lowest BCUT2D eigenvalue weighted by molar-refractivity contribution is -0.140. The topological polar surface area (TPSA) is 105 Å². The van der Waals surface area contributed by atoms with E-state index in [1.165, 1.54) is 6.07 Å². The number of nitrogens with one attached hydrogen (secondary N) is 2. The van der Waals surface area contributed by atoms with Crippen molar-refractivity contribution in [3.8, 4) is 5.75 Å². The molecule has 7 nitrogen and oxygen atoms in total. The highest BCUT2D eigenvalue weighted by Crippen LogP contribution is 2.33. The molecule has 1 aliphatic heterocycles. The van der Waals surface area contributed by atoms with Crippen LogP contribution in [0.1, 0.15) is 31.1 Å². The van der Waals surface area contributed by atoms with Crippen molar-refractivity contribution in [2.45, 2.75) is 32.9 Å². The summed E-state index contributed by atoms with van der Waals surface area (Å²) < 4.78 is 5.48. The molecule has 0 aromatic heterocycles. The molecular weight excluding hydrogens is 288 g/mol. The molecule has 2 atom stereocenters. The maximum atomic E-state index is 12.4. The summed E-state index contributed by atoms with van der Waals surface area (Å²) in [5.74, 6) is -1.96. The van der Waals surface area contributed by atoms with Crippen LogP contribution >= 0.6 is 0 Å². The van der Waals surface area contributed by atoms with Crippen LogP contribution in [-0.2, 0) is 9.59 Å². The maximum Gasteiger partial charge on any atom is 0.326 e. The van der Waals surface area contributed by atoms with E-state index in [9.17, 15) is 14.4 Å². The Morgan fingerprint density at radius 1 is 1.36 bits per heavy atom. The molecule has 0 spiro atoms. The molecule has 2 rings (SSSR count). The molecule has 118 valence electrons. The lowest BCUT2D eigenvalue weighted by atomic mass is 10.0. The number of benzene rings is 1. The zero-order chi connectivity index (χ0) is 16.4. The summed E-state index contributed by atoms with van der Waals surface area (Å²) in [7, 11) is 0. The predicted octanol–water partition coefficient (Wildman–Crippen LogP) is 1.24. The molecule has 0 saturated heterocycles. The Hall–Kier alpha value is -2.57. The van der Waals surface area contributed by atoms with Crippen LogP contribution in [0.15, 0.2) is 18.2 Å². The first-order chi connectivity index (χ1) is 10.3. The highest BCUT2D eigenvalue weighted by atomic mass is 16.5. The highest BCUT2D eigenvalue weighted by molar-refractivity contribution is 6.04. The minimum atomic E-state index is -1.10. The molecule has 1 aromatic rings. The number of hydrogen-bond acceptors (Lipinski definition) is 4. The first-order valence-electron chi connectivity index (χ1n) is 6.95. The second-order valence-electron chi connectivity index (χ2n) is 5.46. The first-order valence-corrected chi connectivity index (χ1v) is 6.95. The SMILES string of the molecule is CC1Oc2c(cccc2C(=O)N[C@@H](C(=O)O)C(C)C)NC1=O. The number of ether oxygens (including phenoxy) is 1. The van der Waals surface area contributed by atoms with Crippen molar-refractivity contribution in [1.29, 1.82) is 0 Å². The van der Waals surface area contributed by atoms with Gasteiger partial charge in [-0.1, -0.05) is 19.9 Å². The second kappa shape index (κ2) is 6.05. The Kier molecular flexibility index (Phi) is 4.35. The van der Waals surface area contributed by atoms with E-state index in [1.807, 2.05) is 0 Å². The van der Waals surface area contributed by atoms with E-state index in [-0.39, 0.29) is 23.1 Å². The molecule has 3 N–H and O–H groups in total. The van der Waals surface area contributed by atoms with E-state index >= 15 is 0 Å². The van der Waals surface area contributed by atoms with Gasteiger partial charge in [0.15, 0.2) is 11.9 Å². The summed E-state index contributed by atoms with van der Waals surface area (Å²) in [5, 5.41) is 14.3. The van der Waals surface area contributed by atoms with Gasteiger partial charge in [-0.2, -0.15) is 0 Å². The Balaban J connectivity index is 2.30. The van der Waals surface area contributed by atoms with Crippen molar-refractivity contribution in [2.75, 3.05) is 5.32 Å².